The smallest absolute Gasteiger partial charge is 0.0176 e. The van der Waals surface area contributed by atoms with E-state index in [1.807, 2.05) is 11.8 Å². The Balaban J connectivity index is 1.92. The van der Waals surface area contributed by atoms with E-state index in [1.54, 1.807) is 0 Å². The summed E-state index contributed by atoms with van der Waals surface area (Å²) in [5.74, 6) is 0. The molecule has 14 heavy (non-hydrogen) atoms. The lowest BCUT2D eigenvalue weighted by atomic mass is 10.2. The van der Waals surface area contributed by atoms with Gasteiger partial charge in [-0.1, -0.05) is 15.9 Å². The number of nitrogens with one attached hydrogen (secondary N) is 1. The first-order valence-electron chi connectivity index (χ1n) is 4.97. The molecule has 1 nitrogen and oxygen atoms in total. The zero-order valence-corrected chi connectivity index (χ0v) is 10.4. The molecule has 1 aliphatic heterocycles. The molecule has 1 fully saturated rings. The highest BCUT2D eigenvalue weighted by atomic mass is 79.9. The van der Waals surface area contributed by atoms with Crippen molar-refractivity contribution in [3.05, 3.63) is 28.7 Å². The normalized spacial score (nSPS) is 18.4. The van der Waals surface area contributed by atoms with E-state index in [0.29, 0.717) is 0 Å². The lowest BCUT2D eigenvalue weighted by Gasteiger charge is -2.21. The first kappa shape index (κ1) is 10.5. The van der Waals surface area contributed by atoms with Crippen LogP contribution in [0.4, 0.5) is 0 Å². The molecule has 0 amide bonds. The minimum atomic E-state index is 0.803. The van der Waals surface area contributed by atoms with Crippen molar-refractivity contribution in [1.29, 1.82) is 0 Å². The van der Waals surface area contributed by atoms with Gasteiger partial charge in [-0.15, -0.1) is 11.8 Å². The Hall–Kier alpha value is 0.01000. The lowest BCUT2D eigenvalue weighted by molar-refractivity contribution is 0.531. The molecule has 0 saturated carbocycles. The van der Waals surface area contributed by atoms with E-state index in [9.17, 15) is 0 Å². The zero-order valence-electron chi connectivity index (χ0n) is 8.00. The molecule has 0 radical (unpaired) electrons. The standard InChI is InChI=1S/C11H14BrNS/c12-9-1-3-10(4-2-9)14-11-5-7-13-8-6-11/h1-4,11,13H,5-8H2. The van der Waals surface area contributed by atoms with Gasteiger partial charge in [-0.25, -0.2) is 0 Å². The van der Waals surface area contributed by atoms with Gasteiger partial charge in [-0.2, -0.15) is 0 Å². The number of hydrogen-bond acceptors (Lipinski definition) is 2. The Morgan fingerprint density at radius 3 is 2.43 bits per heavy atom. The molecular weight excluding hydrogens is 258 g/mol. The van der Waals surface area contributed by atoms with Crippen molar-refractivity contribution < 1.29 is 0 Å². The summed E-state index contributed by atoms with van der Waals surface area (Å²) in [6, 6.07) is 8.61. The van der Waals surface area contributed by atoms with Crippen molar-refractivity contribution in [3.8, 4) is 0 Å². The highest BCUT2D eigenvalue weighted by Crippen LogP contribution is 2.29. The highest BCUT2D eigenvalue weighted by Gasteiger charge is 2.13. The van der Waals surface area contributed by atoms with Crippen LogP contribution in [0.3, 0.4) is 0 Å². The second-order valence-corrected chi connectivity index (χ2v) is 5.81. The molecule has 0 unspecified atom stereocenters. The number of rotatable bonds is 2. The maximum atomic E-state index is 3.45. The molecule has 3 heteroatoms. The second-order valence-electron chi connectivity index (χ2n) is 3.52. The van der Waals surface area contributed by atoms with Crippen LogP contribution in [0, 0.1) is 0 Å². The van der Waals surface area contributed by atoms with Crippen LogP contribution < -0.4 is 5.32 Å². The SMILES string of the molecule is Brc1ccc(SC2CCNCC2)cc1. The predicted octanol–water partition coefficient (Wildman–Crippen LogP) is 3.29. The fourth-order valence-corrected chi connectivity index (χ4v) is 3.03. The minimum Gasteiger partial charge on any atom is -0.317 e. The third-order valence-corrected chi connectivity index (χ3v) is 4.28. The number of hydrogen-bond donors (Lipinski definition) is 1. The molecule has 76 valence electrons. The zero-order chi connectivity index (χ0) is 9.80. The van der Waals surface area contributed by atoms with Crippen LogP contribution in [-0.2, 0) is 0 Å². The van der Waals surface area contributed by atoms with E-state index in [1.165, 1.54) is 30.8 Å². The summed E-state index contributed by atoms with van der Waals surface area (Å²) in [7, 11) is 0. The molecule has 1 aromatic carbocycles. The maximum absolute atomic E-state index is 3.45. The lowest BCUT2D eigenvalue weighted by Crippen LogP contribution is -2.29. The first-order chi connectivity index (χ1) is 6.84. The third-order valence-electron chi connectivity index (χ3n) is 2.40. The van der Waals surface area contributed by atoms with E-state index in [4.69, 9.17) is 0 Å². The number of thioether (sulfide) groups is 1. The molecule has 0 bridgehead atoms. The Morgan fingerprint density at radius 2 is 1.79 bits per heavy atom. The van der Waals surface area contributed by atoms with Gasteiger partial charge in [0, 0.05) is 14.6 Å². The number of piperidine rings is 1. The Morgan fingerprint density at radius 1 is 1.14 bits per heavy atom. The van der Waals surface area contributed by atoms with Crippen LogP contribution in [0.25, 0.3) is 0 Å². The van der Waals surface area contributed by atoms with Crippen LogP contribution in [0.2, 0.25) is 0 Å². The fraction of sp³-hybridized carbons (Fsp3) is 0.455. The molecule has 2 rings (SSSR count). The Kier molecular flexibility index (Phi) is 3.90. The van der Waals surface area contributed by atoms with Gasteiger partial charge in [0.15, 0.2) is 0 Å². The van der Waals surface area contributed by atoms with Crippen LogP contribution in [-0.4, -0.2) is 18.3 Å². The Bertz CT molecular complexity index is 280. The molecule has 1 saturated heterocycles. The van der Waals surface area contributed by atoms with E-state index < -0.39 is 0 Å². The molecule has 0 spiro atoms. The highest BCUT2D eigenvalue weighted by molar-refractivity contribution is 9.10. The van der Waals surface area contributed by atoms with Crippen molar-refractivity contribution in [2.75, 3.05) is 13.1 Å². The second kappa shape index (κ2) is 5.19. The van der Waals surface area contributed by atoms with Gasteiger partial charge in [-0.05, 0) is 50.2 Å². The van der Waals surface area contributed by atoms with E-state index in [-0.39, 0.29) is 0 Å². The van der Waals surface area contributed by atoms with Gasteiger partial charge in [0.05, 0.1) is 0 Å². The van der Waals surface area contributed by atoms with Crippen molar-refractivity contribution in [3.63, 3.8) is 0 Å². The van der Waals surface area contributed by atoms with Crippen molar-refractivity contribution in [2.24, 2.45) is 0 Å². The largest absolute Gasteiger partial charge is 0.317 e. The van der Waals surface area contributed by atoms with E-state index in [2.05, 4.69) is 45.5 Å². The van der Waals surface area contributed by atoms with Gasteiger partial charge < -0.3 is 5.32 Å². The Labute approximate surface area is 97.8 Å². The summed E-state index contributed by atoms with van der Waals surface area (Å²) in [5.41, 5.74) is 0. The third kappa shape index (κ3) is 3.01. The van der Waals surface area contributed by atoms with Gasteiger partial charge in [0.25, 0.3) is 0 Å². The monoisotopic (exact) mass is 271 g/mol. The minimum absolute atomic E-state index is 0.803. The summed E-state index contributed by atoms with van der Waals surface area (Å²) in [6.45, 7) is 2.35. The molecule has 1 heterocycles. The van der Waals surface area contributed by atoms with Crippen LogP contribution in [0.1, 0.15) is 12.8 Å². The van der Waals surface area contributed by atoms with Crippen molar-refractivity contribution in [1.82, 2.24) is 5.32 Å². The maximum Gasteiger partial charge on any atom is 0.0176 e. The molecule has 1 N–H and O–H groups in total. The number of benzene rings is 1. The van der Waals surface area contributed by atoms with Gasteiger partial charge in [0.1, 0.15) is 0 Å². The topological polar surface area (TPSA) is 12.0 Å². The molecule has 0 aromatic heterocycles. The quantitative estimate of drug-likeness (QED) is 0.886. The van der Waals surface area contributed by atoms with Crippen molar-refractivity contribution in [2.45, 2.75) is 23.0 Å². The summed E-state index contributed by atoms with van der Waals surface area (Å²) in [4.78, 5) is 1.39. The molecule has 0 atom stereocenters. The fourth-order valence-electron chi connectivity index (χ4n) is 1.62. The number of halogens is 1. The summed E-state index contributed by atoms with van der Waals surface area (Å²) < 4.78 is 1.16. The molecular formula is C11H14BrNS. The first-order valence-corrected chi connectivity index (χ1v) is 6.65. The van der Waals surface area contributed by atoms with Crippen LogP contribution in [0.5, 0.6) is 0 Å². The van der Waals surface area contributed by atoms with Crippen LogP contribution >= 0.6 is 27.7 Å². The molecule has 0 aliphatic carbocycles. The van der Waals surface area contributed by atoms with Crippen LogP contribution in [0.15, 0.2) is 33.6 Å². The van der Waals surface area contributed by atoms with Gasteiger partial charge in [-0.3, -0.25) is 0 Å². The van der Waals surface area contributed by atoms with E-state index in [0.717, 1.165) is 9.72 Å². The summed E-state index contributed by atoms with van der Waals surface area (Å²) in [6.07, 6.45) is 2.58. The molecule has 1 aromatic rings. The average molecular weight is 272 g/mol. The van der Waals surface area contributed by atoms with Gasteiger partial charge in [0.2, 0.25) is 0 Å². The van der Waals surface area contributed by atoms with Crippen molar-refractivity contribution >= 4 is 27.7 Å². The van der Waals surface area contributed by atoms with Gasteiger partial charge >= 0.3 is 0 Å². The molecule has 1 aliphatic rings. The summed E-state index contributed by atoms with van der Waals surface area (Å²) >= 11 is 5.46. The van der Waals surface area contributed by atoms with E-state index >= 15 is 0 Å². The average Bonchev–Trinajstić information content (AvgIpc) is 2.23. The summed E-state index contributed by atoms with van der Waals surface area (Å²) in [5, 5.41) is 4.19. The predicted molar refractivity (Wildman–Crippen MR) is 65.9 cm³/mol.